The third-order valence-corrected chi connectivity index (χ3v) is 0. The van der Waals surface area contributed by atoms with Crippen molar-refractivity contribution in [2.45, 2.75) is 0 Å². The van der Waals surface area contributed by atoms with E-state index in [9.17, 15) is 0 Å². The van der Waals surface area contributed by atoms with E-state index in [2.05, 4.69) is 0 Å². The standard InChI is InChI=1S/Cr.Cu.Ni.Si. The molecule has 0 aromatic rings. The summed E-state index contributed by atoms with van der Waals surface area (Å²) in [5.41, 5.74) is 0. The van der Waals surface area contributed by atoms with Crippen molar-refractivity contribution < 1.29 is 50.9 Å². The molecule has 0 heterocycles. The molecule has 0 fully saturated rings. The van der Waals surface area contributed by atoms with Gasteiger partial charge < -0.3 is 0 Å². The molecule has 0 aromatic carbocycles. The fourth-order valence-corrected chi connectivity index (χ4v) is 0. The van der Waals surface area contributed by atoms with Crippen LogP contribution in [-0.2, 0) is 50.9 Å². The monoisotopic (exact) mass is 201 g/mol. The summed E-state index contributed by atoms with van der Waals surface area (Å²) in [5, 5.41) is 0. The Morgan fingerprint density at radius 3 is 1.00 bits per heavy atom. The van der Waals surface area contributed by atoms with Crippen LogP contribution in [0.1, 0.15) is 0 Å². The second-order valence-corrected chi connectivity index (χ2v) is 0. The maximum atomic E-state index is 0. The van der Waals surface area contributed by atoms with Crippen LogP contribution in [0.2, 0.25) is 0 Å². The Morgan fingerprint density at radius 1 is 1.00 bits per heavy atom. The van der Waals surface area contributed by atoms with E-state index in [0.717, 1.165) is 0 Å². The largest absolute Gasteiger partial charge is 0 e. The van der Waals surface area contributed by atoms with Gasteiger partial charge in [-0.3, -0.25) is 0 Å². The fourth-order valence-electron chi connectivity index (χ4n) is 0. The third kappa shape index (κ3) is 9.24. The molecule has 0 N–H and O–H groups in total. The van der Waals surface area contributed by atoms with Crippen molar-refractivity contribution in [1.29, 1.82) is 0 Å². The molecule has 0 unspecified atom stereocenters. The average Bonchev–Trinajstić information content (AvgIpc) is 0. The fraction of sp³-hybridized carbons (Fsp3) is 0. The van der Waals surface area contributed by atoms with Gasteiger partial charge in [0.2, 0.25) is 0 Å². The Labute approximate surface area is 61.7 Å². The molecule has 0 spiro atoms. The van der Waals surface area contributed by atoms with E-state index < -0.39 is 0 Å². The summed E-state index contributed by atoms with van der Waals surface area (Å²) < 4.78 is 0. The molecule has 0 aliphatic rings. The minimum absolute atomic E-state index is 0. The van der Waals surface area contributed by atoms with Gasteiger partial charge in [0.1, 0.15) is 0 Å². The molecule has 0 atom stereocenters. The predicted molar refractivity (Wildman–Crippen MR) is 5.75 cm³/mol. The molecule has 0 nitrogen and oxygen atoms in total. The van der Waals surface area contributed by atoms with Gasteiger partial charge >= 0.3 is 0 Å². The van der Waals surface area contributed by atoms with E-state index in [1.54, 1.807) is 0 Å². The summed E-state index contributed by atoms with van der Waals surface area (Å²) in [5.74, 6) is 0. The smallest absolute Gasteiger partial charge is 0 e. The maximum absolute atomic E-state index is 0. The molecule has 0 saturated heterocycles. The van der Waals surface area contributed by atoms with Gasteiger partial charge in [0.05, 0.1) is 0 Å². The van der Waals surface area contributed by atoms with Gasteiger partial charge in [-0.05, 0) is 0 Å². The summed E-state index contributed by atoms with van der Waals surface area (Å²) in [6.45, 7) is 0. The zero-order valence-electron chi connectivity index (χ0n) is 1.53. The van der Waals surface area contributed by atoms with Crippen molar-refractivity contribution in [3.8, 4) is 0 Å². The molecule has 0 aliphatic heterocycles. The first kappa shape index (κ1) is 42.1. The van der Waals surface area contributed by atoms with Gasteiger partial charge in [-0.1, -0.05) is 0 Å². The summed E-state index contributed by atoms with van der Waals surface area (Å²) in [4.78, 5) is 0. The van der Waals surface area contributed by atoms with Crippen molar-refractivity contribution in [1.82, 2.24) is 0 Å². The molecule has 0 rings (SSSR count). The minimum atomic E-state index is 0. The van der Waals surface area contributed by atoms with E-state index in [4.69, 9.17) is 0 Å². The topological polar surface area (TPSA) is 0 Å². The minimum Gasteiger partial charge on any atom is 0 e. The third-order valence-electron chi connectivity index (χ3n) is 0. The van der Waals surface area contributed by atoms with Gasteiger partial charge in [0.15, 0.2) is 0 Å². The second kappa shape index (κ2) is 21.7. The SMILES string of the molecule is [Cr].[Cu].[Ni].[Si]. The number of hydrogen-bond acceptors (Lipinski definition) is 0. The normalized spacial score (nSPS) is 0. The molecule has 0 bridgehead atoms. The van der Waals surface area contributed by atoms with Crippen molar-refractivity contribution >= 4 is 11.0 Å². The van der Waals surface area contributed by atoms with E-state index in [1.165, 1.54) is 0 Å². The Bertz CT molecular complexity index is 8.00. The van der Waals surface area contributed by atoms with Gasteiger partial charge in [-0.15, -0.1) is 0 Å². The summed E-state index contributed by atoms with van der Waals surface area (Å²) >= 11 is 0. The van der Waals surface area contributed by atoms with E-state index in [0.29, 0.717) is 0 Å². The van der Waals surface area contributed by atoms with Crippen molar-refractivity contribution in [2.24, 2.45) is 0 Å². The van der Waals surface area contributed by atoms with Gasteiger partial charge in [0.25, 0.3) is 0 Å². The van der Waals surface area contributed by atoms with Crippen LogP contribution >= 0.6 is 0 Å². The first-order valence-corrected chi connectivity index (χ1v) is 0. The van der Waals surface area contributed by atoms with Crippen molar-refractivity contribution in [3.05, 3.63) is 0 Å². The molecule has 0 amide bonds. The molecular formula is CrCuNiSi. The first-order chi connectivity index (χ1) is 0. The van der Waals surface area contributed by atoms with Crippen molar-refractivity contribution in [2.75, 3.05) is 0 Å². The Balaban J connectivity index is 0. The number of hydrogen-bond donors (Lipinski definition) is 0. The van der Waals surface area contributed by atoms with Crippen LogP contribution in [0.25, 0.3) is 0 Å². The molecule has 4 heteroatoms. The summed E-state index contributed by atoms with van der Waals surface area (Å²) in [7, 11) is 0. The second-order valence-electron chi connectivity index (χ2n) is 0. The Hall–Kier alpha value is 1.76. The Morgan fingerprint density at radius 2 is 1.00 bits per heavy atom. The van der Waals surface area contributed by atoms with E-state index >= 15 is 0 Å². The molecule has 4 heavy (non-hydrogen) atoms. The van der Waals surface area contributed by atoms with Crippen LogP contribution in [0.5, 0.6) is 0 Å². The quantitative estimate of drug-likeness (QED) is 0.469. The zero-order valence-corrected chi connectivity index (χ0v) is 5.73. The van der Waals surface area contributed by atoms with Gasteiger partial charge in [0, 0.05) is 61.9 Å². The molecular weight excluding hydrogens is 202 g/mol. The molecule has 31 valence electrons. The summed E-state index contributed by atoms with van der Waals surface area (Å²) in [6.07, 6.45) is 0. The molecule has 5 radical (unpaired) electrons. The van der Waals surface area contributed by atoms with Gasteiger partial charge in [-0.25, -0.2) is 0 Å². The number of rotatable bonds is 0. The van der Waals surface area contributed by atoms with Crippen LogP contribution in [0, 0.1) is 0 Å². The van der Waals surface area contributed by atoms with Crippen LogP contribution in [-0.4, -0.2) is 11.0 Å². The molecule has 0 aromatic heterocycles. The van der Waals surface area contributed by atoms with Crippen LogP contribution in [0.3, 0.4) is 0 Å². The first-order valence-electron chi connectivity index (χ1n) is 0. The summed E-state index contributed by atoms with van der Waals surface area (Å²) in [6, 6.07) is 0. The molecule has 0 aliphatic carbocycles. The average molecular weight is 202 g/mol. The Kier molecular flexibility index (Phi) is 228. The molecule has 0 saturated carbocycles. The van der Waals surface area contributed by atoms with Gasteiger partial charge in [-0.2, -0.15) is 0 Å². The van der Waals surface area contributed by atoms with Crippen LogP contribution in [0.4, 0.5) is 0 Å². The predicted octanol–water partition coefficient (Wildman–Crippen LogP) is -0.388. The van der Waals surface area contributed by atoms with Crippen molar-refractivity contribution in [3.63, 3.8) is 0 Å². The van der Waals surface area contributed by atoms with E-state index in [1.807, 2.05) is 0 Å². The van der Waals surface area contributed by atoms with Crippen LogP contribution < -0.4 is 0 Å². The maximum Gasteiger partial charge on any atom is 0 e. The van der Waals surface area contributed by atoms with Crippen LogP contribution in [0.15, 0.2) is 0 Å². The van der Waals surface area contributed by atoms with E-state index in [-0.39, 0.29) is 61.9 Å². The zero-order chi connectivity index (χ0) is 0.